The molecule has 0 spiro atoms. The molecule has 1 atom stereocenters. The topological polar surface area (TPSA) is 87.4 Å². The van der Waals surface area contributed by atoms with Crippen LogP contribution in [0.25, 0.3) is 22.2 Å². The molecule has 3 aromatic rings. The van der Waals surface area contributed by atoms with Crippen molar-refractivity contribution < 1.29 is 4.79 Å². The zero-order valence-corrected chi connectivity index (χ0v) is 16.1. The third kappa shape index (κ3) is 3.46. The molecule has 1 radical (unpaired) electrons. The van der Waals surface area contributed by atoms with Crippen molar-refractivity contribution in [2.75, 3.05) is 27.2 Å². The molecule has 0 unspecified atom stereocenters. The van der Waals surface area contributed by atoms with Crippen LogP contribution < -0.4 is 11.3 Å². The number of likely N-dealkylation sites (N-methyl/N-ethyl adjacent to an activating group) is 1. The van der Waals surface area contributed by atoms with Crippen LogP contribution in [0.4, 0.5) is 4.79 Å². The molecule has 1 amide bonds. The number of aromatic nitrogens is 2. The van der Waals surface area contributed by atoms with Crippen molar-refractivity contribution in [1.82, 2.24) is 19.4 Å². The van der Waals surface area contributed by atoms with Crippen LogP contribution in [0.15, 0.2) is 41.3 Å². The Balaban J connectivity index is 1.60. The van der Waals surface area contributed by atoms with Gasteiger partial charge in [0.05, 0.1) is 11.3 Å². The van der Waals surface area contributed by atoms with Gasteiger partial charge in [-0.2, -0.15) is 0 Å². The molecule has 0 bridgehead atoms. The lowest BCUT2D eigenvalue weighted by atomic mass is 10.1. The highest BCUT2D eigenvalue weighted by atomic mass is 16.2. The fraction of sp³-hybridized carbons (Fsp3) is 0.333. The molecule has 7 nitrogen and oxygen atoms in total. The average molecular weight is 378 g/mol. The lowest BCUT2D eigenvalue weighted by Crippen LogP contribution is -2.31. The van der Waals surface area contributed by atoms with Gasteiger partial charge >= 0.3 is 6.03 Å². The Labute approximate surface area is 163 Å². The van der Waals surface area contributed by atoms with E-state index in [2.05, 4.69) is 47.1 Å². The molecular weight excluding hydrogens is 354 g/mol. The summed E-state index contributed by atoms with van der Waals surface area (Å²) in [5.74, 6) is 0. The summed E-state index contributed by atoms with van der Waals surface area (Å²) in [6.45, 7) is 3.09. The zero-order chi connectivity index (χ0) is 19.8. The number of nitrogens with zero attached hydrogens (tertiary/aromatic N) is 3. The van der Waals surface area contributed by atoms with Crippen molar-refractivity contribution in [3.8, 4) is 11.3 Å². The summed E-state index contributed by atoms with van der Waals surface area (Å²) in [7, 11) is 4.27. The smallest absolute Gasteiger partial charge is 0.325 e. The summed E-state index contributed by atoms with van der Waals surface area (Å²) < 4.78 is 0.862. The molecule has 0 saturated carbocycles. The highest BCUT2D eigenvalue weighted by Gasteiger charge is 2.23. The van der Waals surface area contributed by atoms with Crippen molar-refractivity contribution in [3.05, 3.63) is 58.5 Å². The van der Waals surface area contributed by atoms with Crippen LogP contribution in [0.3, 0.4) is 0 Å². The van der Waals surface area contributed by atoms with Gasteiger partial charge < -0.3 is 15.6 Å². The number of hydrogen-bond donors (Lipinski definition) is 2. The van der Waals surface area contributed by atoms with Crippen LogP contribution in [-0.4, -0.2) is 58.6 Å². The van der Waals surface area contributed by atoms with Gasteiger partial charge in [0.2, 0.25) is 0 Å². The van der Waals surface area contributed by atoms with Gasteiger partial charge in [0.15, 0.2) is 0 Å². The Morgan fingerprint density at radius 3 is 2.89 bits per heavy atom. The average Bonchev–Trinajstić information content (AvgIpc) is 3.28. The maximum absolute atomic E-state index is 12.5. The first-order valence-corrected chi connectivity index (χ1v) is 9.36. The summed E-state index contributed by atoms with van der Waals surface area (Å²) in [5.41, 5.74) is 8.00. The van der Waals surface area contributed by atoms with Crippen LogP contribution >= 0.6 is 0 Å². The largest absolute Gasteiger partial charge is 0.354 e. The van der Waals surface area contributed by atoms with E-state index in [1.807, 2.05) is 12.1 Å². The number of fused-ring (bicyclic) bond motifs is 1. The first-order valence-electron chi connectivity index (χ1n) is 9.36. The maximum Gasteiger partial charge on any atom is 0.325 e. The van der Waals surface area contributed by atoms with Crippen molar-refractivity contribution in [1.29, 1.82) is 0 Å². The predicted octanol–water partition coefficient (Wildman–Crippen LogP) is 1.86. The summed E-state index contributed by atoms with van der Waals surface area (Å²) in [6.07, 6.45) is 2.45. The number of rotatable bonds is 4. The highest BCUT2D eigenvalue weighted by Crippen LogP contribution is 2.24. The lowest BCUT2D eigenvalue weighted by molar-refractivity contribution is 0.249. The number of carbonyl (C=O) groups is 1. The lowest BCUT2D eigenvalue weighted by Gasteiger charge is -2.20. The van der Waals surface area contributed by atoms with E-state index in [0.717, 1.165) is 35.1 Å². The fourth-order valence-electron chi connectivity index (χ4n) is 3.86. The number of nitrogens with one attached hydrogen (secondary N) is 1. The predicted molar refractivity (Wildman–Crippen MR) is 109 cm³/mol. The first kappa shape index (κ1) is 18.5. The molecule has 1 aliphatic rings. The van der Waals surface area contributed by atoms with Crippen molar-refractivity contribution >= 4 is 16.9 Å². The van der Waals surface area contributed by atoms with Crippen LogP contribution in [0, 0.1) is 6.07 Å². The Bertz CT molecular complexity index is 1080. The number of pyridine rings is 1. The van der Waals surface area contributed by atoms with Crippen molar-refractivity contribution in [2.45, 2.75) is 19.0 Å². The number of nitrogens with two attached hydrogens (primary N) is 1. The van der Waals surface area contributed by atoms with Gasteiger partial charge in [-0.05, 0) is 50.3 Å². The van der Waals surface area contributed by atoms with E-state index in [0.29, 0.717) is 17.3 Å². The second-order valence-corrected chi connectivity index (χ2v) is 7.61. The van der Waals surface area contributed by atoms with E-state index in [1.54, 1.807) is 6.07 Å². The number of amides is 1. The SMILES string of the molecule is CN(C)[C@@H]1CCN(Cc2ccc3[nH]c(-c4c[c]cn(C(N)=O)c4=O)cc3c2)C1. The van der Waals surface area contributed by atoms with Gasteiger partial charge in [-0.15, -0.1) is 0 Å². The van der Waals surface area contributed by atoms with E-state index >= 15 is 0 Å². The van der Waals surface area contributed by atoms with Gasteiger partial charge in [-0.3, -0.25) is 9.69 Å². The normalized spacial score (nSPS) is 17.6. The third-order valence-corrected chi connectivity index (χ3v) is 5.48. The van der Waals surface area contributed by atoms with Crippen LogP contribution in [0.5, 0.6) is 0 Å². The quantitative estimate of drug-likeness (QED) is 0.725. The van der Waals surface area contributed by atoms with E-state index < -0.39 is 11.6 Å². The highest BCUT2D eigenvalue weighted by molar-refractivity contribution is 5.86. The molecule has 3 N–H and O–H groups in total. The van der Waals surface area contributed by atoms with Crippen LogP contribution in [0.2, 0.25) is 0 Å². The van der Waals surface area contributed by atoms with Crippen molar-refractivity contribution in [3.63, 3.8) is 0 Å². The van der Waals surface area contributed by atoms with Gasteiger partial charge in [0.1, 0.15) is 0 Å². The molecule has 1 aliphatic heterocycles. The second-order valence-electron chi connectivity index (χ2n) is 7.61. The Morgan fingerprint density at radius 2 is 2.18 bits per heavy atom. The second kappa shape index (κ2) is 7.26. The van der Waals surface area contributed by atoms with Gasteiger partial charge in [-0.1, -0.05) is 6.07 Å². The molecule has 1 saturated heterocycles. The minimum absolute atomic E-state index is 0.368. The third-order valence-electron chi connectivity index (χ3n) is 5.48. The number of H-pyrrole nitrogens is 1. The summed E-state index contributed by atoms with van der Waals surface area (Å²) in [5, 5.41) is 1.03. The minimum atomic E-state index is -0.817. The van der Waals surface area contributed by atoms with E-state index in [9.17, 15) is 9.59 Å². The molecule has 3 heterocycles. The van der Waals surface area contributed by atoms with Crippen LogP contribution in [-0.2, 0) is 6.54 Å². The zero-order valence-electron chi connectivity index (χ0n) is 16.1. The van der Waals surface area contributed by atoms with Gasteiger partial charge in [0, 0.05) is 48.8 Å². The molecule has 28 heavy (non-hydrogen) atoms. The van der Waals surface area contributed by atoms with Gasteiger partial charge in [-0.25, -0.2) is 9.36 Å². The minimum Gasteiger partial charge on any atom is -0.354 e. The number of primary amides is 1. The Kier molecular flexibility index (Phi) is 4.78. The molecule has 2 aromatic heterocycles. The standard InChI is InChI=1S/C21H24N5O2/c1-24(2)16-7-9-25(13-16)12-14-5-6-18-15(10-14)11-19(23-18)17-4-3-8-26(20(17)27)21(22)28/h4-6,8,10-11,16,23H,7,9,12-13H2,1-2H3,(H2,22,28)/t16-/m1/s1. The molecule has 7 heteroatoms. The van der Waals surface area contributed by atoms with E-state index in [4.69, 9.17) is 5.73 Å². The van der Waals surface area contributed by atoms with Gasteiger partial charge in [0.25, 0.3) is 5.56 Å². The van der Waals surface area contributed by atoms with E-state index in [-0.39, 0.29) is 0 Å². The number of benzene rings is 1. The maximum atomic E-state index is 12.5. The molecule has 4 rings (SSSR count). The molecule has 1 fully saturated rings. The number of carbonyl (C=O) groups excluding carboxylic acids is 1. The molecule has 145 valence electrons. The summed E-state index contributed by atoms with van der Waals surface area (Å²) in [6, 6.07) is 12.4. The molecular formula is C21H24N5O2. The molecule has 1 aromatic carbocycles. The summed E-state index contributed by atoms with van der Waals surface area (Å²) in [4.78, 5) is 31.9. The Hall–Kier alpha value is -2.90. The monoisotopic (exact) mass is 378 g/mol. The number of aromatic amines is 1. The summed E-state index contributed by atoms with van der Waals surface area (Å²) >= 11 is 0. The number of likely N-dealkylation sites (tertiary alicyclic amines) is 1. The van der Waals surface area contributed by atoms with E-state index in [1.165, 1.54) is 18.2 Å². The molecule has 0 aliphatic carbocycles. The fourth-order valence-corrected chi connectivity index (χ4v) is 3.86. The Morgan fingerprint density at radius 1 is 1.36 bits per heavy atom. The first-order chi connectivity index (χ1) is 13.4. The van der Waals surface area contributed by atoms with Crippen LogP contribution in [0.1, 0.15) is 12.0 Å². The number of hydrogen-bond acceptors (Lipinski definition) is 4. The van der Waals surface area contributed by atoms with Crippen molar-refractivity contribution in [2.24, 2.45) is 5.73 Å².